The Hall–Kier alpha value is -2.28. The largest absolute Gasteiger partial charge is 0.480 e. The second-order valence-corrected chi connectivity index (χ2v) is 4.09. The molecule has 0 aliphatic heterocycles. The van der Waals surface area contributed by atoms with Gasteiger partial charge in [-0.25, -0.2) is 0 Å². The van der Waals surface area contributed by atoms with E-state index in [1.54, 1.807) is 0 Å². The van der Waals surface area contributed by atoms with Crippen LogP contribution in [0.4, 0.5) is 0 Å². The highest BCUT2D eigenvalue weighted by Gasteiger charge is 2.66. The van der Waals surface area contributed by atoms with Crippen LogP contribution in [0.1, 0.15) is 6.42 Å². The number of hydrogen-bond donors (Lipinski definition) is 2. The van der Waals surface area contributed by atoms with E-state index >= 15 is 0 Å². The van der Waals surface area contributed by atoms with Gasteiger partial charge in [0.25, 0.3) is 0 Å². The number of carboxylic acid groups (broad SMARTS) is 2. The van der Waals surface area contributed by atoms with Crippen LogP contribution in [0.3, 0.4) is 0 Å². The molecule has 0 spiro atoms. The summed E-state index contributed by atoms with van der Waals surface area (Å²) in [5, 5.41) is 17.0. The average Bonchev–Trinajstić information content (AvgIpc) is 3.17. The lowest BCUT2D eigenvalue weighted by Crippen LogP contribution is -2.27. The molecular formula is C13H10O4. The van der Waals surface area contributed by atoms with Crippen LogP contribution in [0.2, 0.25) is 0 Å². The Labute approximate surface area is 97.9 Å². The average molecular weight is 230 g/mol. The lowest BCUT2D eigenvalue weighted by Gasteiger charge is -2.01. The Kier molecular flexibility index (Phi) is 2.40. The molecule has 3 aliphatic carbocycles. The van der Waals surface area contributed by atoms with Crippen molar-refractivity contribution in [3.8, 4) is 23.5 Å². The molecular weight excluding hydrogens is 220 g/mol. The number of terminal acetylenes is 1. The summed E-state index contributed by atoms with van der Waals surface area (Å²) in [6.07, 6.45) is 4.96. The zero-order chi connectivity index (χ0) is 12.6. The van der Waals surface area contributed by atoms with Crippen LogP contribution in [0.15, 0.2) is 24.3 Å². The van der Waals surface area contributed by atoms with Gasteiger partial charge in [0.1, 0.15) is 0 Å². The van der Waals surface area contributed by atoms with Gasteiger partial charge in [0.2, 0.25) is 0 Å². The zero-order valence-electron chi connectivity index (χ0n) is 8.88. The Morgan fingerprint density at radius 3 is 1.94 bits per heavy atom. The fourth-order valence-corrected chi connectivity index (χ4v) is 1.70. The molecule has 0 bridgehead atoms. The van der Waals surface area contributed by atoms with Crippen molar-refractivity contribution in [2.24, 2.45) is 11.3 Å². The van der Waals surface area contributed by atoms with Crippen molar-refractivity contribution in [3.05, 3.63) is 24.3 Å². The van der Waals surface area contributed by atoms with Crippen molar-refractivity contribution in [1.82, 2.24) is 0 Å². The molecule has 4 nitrogen and oxygen atoms in total. The lowest BCUT2D eigenvalue weighted by molar-refractivity contribution is -0.157. The molecule has 3 aliphatic rings. The predicted molar refractivity (Wildman–Crippen MR) is 60.1 cm³/mol. The summed E-state index contributed by atoms with van der Waals surface area (Å²) in [5.41, 5.74) is 1.17. The fraction of sp³-hybridized carbons (Fsp3) is 0.231. The van der Waals surface area contributed by atoms with E-state index in [-0.39, 0.29) is 6.42 Å². The van der Waals surface area contributed by atoms with E-state index in [1.807, 2.05) is 0 Å². The third-order valence-corrected chi connectivity index (χ3v) is 3.04. The summed E-state index contributed by atoms with van der Waals surface area (Å²) in [6, 6.07) is 8.48. The molecule has 1 unspecified atom stereocenters. The number of benzene rings is 1. The maximum atomic E-state index is 10.4. The predicted octanol–water partition coefficient (Wildman–Crippen LogP) is 1.46. The van der Waals surface area contributed by atoms with Gasteiger partial charge in [0.15, 0.2) is 5.41 Å². The van der Waals surface area contributed by atoms with Gasteiger partial charge in [-0.05, 0) is 23.6 Å². The molecule has 0 radical (unpaired) electrons. The normalized spacial score (nSPS) is 20.3. The molecule has 4 heteroatoms. The highest BCUT2D eigenvalue weighted by atomic mass is 16.4. The monoisotopic (exact) mass is 230 g/mol. The molecule has 17 heavy (non-hydrogen) atoms. The molecule has 3 rings (SSSR count). The molecule has 0 aromatic rings. The van der Waals surface area contributed by atoms with Crippen LogP contribution in [0.5, 0.6) is 0 Å². The Morgan fingerprint density at radius 2 is 1.82 bits per heavy atom. The molecule has 0 amide bonds. The Balaban J connectivity index is 0.000000148. The lowest BCUT2D eigenvalue weighted by atomic mass is 10.1. The van der Waals surface area contributed by atoms with Crippen LogP contribution in [0, 0.1) is 23.7 Å². The first kappa shape index (κ1) is 11.2. The van der Waals surface area contributed by atoms with Crippen molar-refractivity contribution in [2.75, 3.05) is 0 Å². The Bertz CT molecular complexity index is 507. The molecule has 0 aromatic heterocycles. The van der Waals surface area contributed by atoms with Gasteiger partial charge in [-0.2, -0.15) is 0 Å². The summed E-state index contributed by atoms with van der Waals surface area (Å²) < 4.78 is 0. The summed E-state index contributed by atoms with van der Waals surface area (Å²) in [6.45, 7) is 0. The van der Waals surface area contributed by atoms with Gasteiger partial charge in [-0.1, -0.05) is 18.2 Å². The van der Waals surface area contributed by atoms with Crippen LogP contribution in [-0.4, -0.2) is 22.2 Å². The van der Waals surface area contributed by atoms with Crippen LogP contribution in [-0.2, 0) is 9.59 Å². The van der Waals surface area contributed by atoms with Crippen molar-refractivity contribution >= 4 is 11.9 Å². The Morgan fingerprint density at radius 1 is 1.29 bits per heavy atom. The van der Waals surface area contributed by atoms with Crippen LogP contribution < -0.4 is 0 Å². The fourth-order valence-electron chi connectivity index (χ4n) is 1.70. The van der Waals surface area contributed by atoms with Crippen molar-refractivity contribution in [1.29, 1.82) is 0 Å². The number of carbonyl (C=O) groups is 2. The van der Waals surface area contributed by atoms with Gasteiger partial charge < -0.3 is 10.2 Å². The van der Waals surface area contributed by atoms with E-state index in [2.05, 4.69) is 30.2 Å². The van der Waals surface area contributed by atoms with E-state index in [4.69, 9.17) is 16.6 Å². The molecule has 1 atom stereocenters. The number of hydrogen-bond acceptors (Lipinski definition) is 2. The third-order valence-electron chi connectivity index (χ3n) is 3.04. The summed E-state index contributed by atoms with van der Waals surface area (Å²) in [5.74, 6) is -1.19. The number of rotatable bonds is 2. The SMILES string of the molecule is C#CC1CC1(C(=O)O)C(=O)O.c1cc2cc-2c1. The van der Waals surface area contributed by atoms with Crippen molar-refractivity contribution in [3.63, 3.8) is 0 Å². The first-order valence-corrected chi connectivity index (χ1v) is 5.05. The zero-order valence-corrected chi connectivity index (χ0v) is 8.88. The highest BCUT2D eigenvalue weighted by Crippen LogP contribution is 2.52. The summed E-state index contributed by atoms with van der Waals surface area (Å²) in [4.78, 5) is 20.8. The second kappa shape index (κ2) is 3.63. The number of aliphatic carboxylic acids is 2. The van der Waals surface area contributed by atoms with Crippen LogP contribution >= 0.6 is 0 Å². The molecule has 0 saturated heterocycles. The van der Waals surface area contributed by atoms with E-state index in [1.165, 1.54) is 11.1 Å². The van der Waals surface area contributed by atoms with E-state index in [0.717, 1.165) is 0 Å². The van der Waals surface area contributed by atoms with Crippen LogP contribution in [0.25, 0.3) is 11.1 Å². The molecule has 0 heterocycles. The molecule has 2 N–H and O–H groups in total. The topological polar surface area (TPSA) is 74.6 Å². The minimum absolute atomic E-state index is 0.0498. The second-order valence-electron chi connectivity index (χ2n) is 4.09. The minimum Gasteiger partial charge on any atom is -0.480 e. The van der Waals surface area contributed by atoms with Gasteiger partial charge >= 0.3 is 11.9 Å². The summed E-state index contributed by atoms with van der Waals surface area (Å²) >= 11 is 0. The van der Waals surface area contributed by atoms with Gasteiger partial charge in [-0.15, -0.1) is 12.3 Å². The maximum Gasteiger partial charge on any atom is 0.322 e. The van der Waals surface area contributed by atoms with E-state index in [0.29, 0.717) is 0 Å². The van der Waals surface area contributed by atoms with Crippen molar-refractivity contribution in [2.45, 2.75) is 6.42 Å². The number of fused-ring (bicyclic) bond motifs is 1. The smallest absolute Gasteiger partial charge is 0.322 e. The molecule has 0 aromatic carbocycles. The molecule has 86 valence electrons. The van der Waals surface area contributed by atoms with Gasteiger partial charge in [0.05, 0.1) is 0 Å². The van der Waals surface area contributed by atoms with E-state index < -0.39 is 23.3 Å². The van der Waals surface area contributed by atoms with Gasteiger partial charge in [0, 0.05) is 5.92 Å². The first-order chi connectivity index (χ1) is 8.02. The quantitative estimate of drug-likeness (QED) is 0.605. The standard InChI is InChI=1S/C7H6O4.C6H4/c1-2-4-3-7(4,5(8)9)6(10)11;1-2-5-4-6(5)3-1/h1,4H,3H2,(H,8,9)(H,10,11);1-4H. The highest BCUT2D eigenvalue weighted by molar-refractivity contribution is 6.02. The maximum absolute atomic E-state index is 10.4. The molecule has 1 saturated carbocycles. The van der Waals surface area contributed by atoms with E-state index in [9.17, 15) is 9.59 Å². The minimum atomic E-state index is -1.69. The first-order valence-electron chi connectivity index (χ1n) is 5.05. The van der Waals surface area contributed by atoms with Crippen molar-refractivity contribution < 1.29 is 19.8 Å². The molecule has 1 fully saturated rings. The number of carboxylic acids is 2. The summed E-state index contributed by atoms with van der Waals surface area (Å²) in [7, 11) is 0. The third kappa shape index (κ3) is 1.76. The van der Waals surface area contributed by atoms with Gasteiger partial charge in [-0.3, -0.25) is 9.59 Å².